The second-order valence-corrected chi connectivity index (χ2v) is 3.95. The molecule has 1 heterocycles. The van der Waals surface area contributed by atoms with Crippen molar-refractivity contribution in [2.45, 2.75) is 0 Å². The monoisotopic (exact) mass is 234 g/mol. The van der Waals surface area contributed by atoms with Crippen molar-refractivity contribution in [3.8, 4) is 18.1 Å². The highest BCUT2D eigenvalue weighted by atomic mass is 16.5. The Morgan fingerprint density at radius 1 is 1.39 bits per heavy atom. The average Bonchev–Trinajstić information content (AvgIpc) is 2.43. The van der Waals surface area contributed by atoms with Crippen molar-refractivity contribution in [1.29, 1.82) is 0 Å². The van der Waals surface area contributed by atoms with Crippen LogP contribution in [-0.2, 0) is 0 Å². The summed E-state index contributed by atoms with van der Waals surface area (Å²) in [6.07, 6.45) is 10.7. The van der Waals surface area contributed by atoms with Crippen molar-refractivity contribution in [2.75, 3.05) is 6.61 Å². The van der Waals surface area contributed by atoms with E-state index in [1.165, 1.54) is 0 Å². The normalized spacial score (nSPS) is 13.7. The van der Waals surface area contributed by atoms with Crippen LogP contribution < -0.4 is 4.74 Å². The second kappa shape index (κ2) is 5.25. The van der Waals surface area contributed by atoms with E-state index < -0.39 is 0 Å². The maximum atomic E-state index is 5.69. The minimum Gasteiger partial charge on any atom is -0.488 e. The minimum absolute atomic E-state index is 0.506. The number of fused-ring (bicyclic) bond motifs is 1. The lowest BCUT2D eigenvalue weighted by atomic mass is 9.96. The van der Waals surface area contributed by atoms with Crippen molar-refractivity contribution in [3.05, 3.63) is 71.9 Å². The fourth-order valence-corrected chi connectivity index (χ4v) is 1.83. The molecule has 0 amide bonds. The molecule has 0 saturated carbocycles. The van der Waals surface area contributed by atoms with Gasteiger partial charge in [0, 0.05) is 5.56 Å². The number of para-hydroxylation sites is 1. The van der Waals surface area contributed by atoms with Gasteiger partial charge in [-0.05, 0) is 34.9 Å². The van der Waals surface area contributed by atoms with Crippen LogP contribution in [0.2, 0.25) is 0 Å². The van der Waals surface area contributed by atoms with Gasteiger partial charge in [-0.2, -0.15) is 0 Å². The van der Waals surface area contributed by atoms with Crippen LogP contribution in [-0.4, -0.2) is 6.61 Å². The van der Waals surface area contributed by atoms with Gasteiger partial charge in [-0.1, -0.05) is 43.4 Å². The van der Waals surface area contributed by atoms with Gasteiger partial charge in [0.15, 0.2) is 0 Å². The maximum Gasteiger partial charge on any atom is 0.127 e. The minimum atomic E-state index is 0.506. The molecule has 0 atom stereocenters. The van der Waals surface area contributed by atoms with Gasteiger partial charge < -0.3 is 4.74 Å². The van der Waals surface area contributed by atoms with Crippen LogP contribution in [0.3, 0.4) is 0 Å². The number of rotatable bonds is 3. The Bertz CT molecular complexity index is 594. The summed E-state index contributed by atoms with van der Waals surface area (Å²) in [6.45, 7) is 8.31. The fourth-order valence-electron chi connectivity index (χ4n) is 1.83. The van der Waals surface area contributed by atoms with E-state index in [1.54, 1.807) is 12.2 Å². The Hall–Kier alpha value is -2.46. The van der Waals surface area contributed by atoms with Crippen LogP contribution in [0.1, 0.15) is 5.56 Å². The van der Waals surface area contributed by atoms with E-state index in [0.29, 0.717) is 6.61 Å². The van der Waals surface area contributed by atoms with Crippen LogP contribution in [0, 0.1) is 12.3 Å². The van der Waals surface area contributed by atoms with Gasteiger partial charge in [0.2, 0.25) is 0 Å². The molecule has 0 saturated heterocycles. The zero-order chi connectivity index (χ0) is 13.0. The molecule has 1 nitrogen and oxygen atoms in total. The van der Waals surface area contributed by atoms with Gasteiger partial charge in [-0.3, -0.25) is 0 Å². The Morgan fingerprint density at radius 3 is 2.89 bits per heavy atom. The van der Waals surface area contributed by atoms with Crippen molar-refractivity contribution in [1.82, 2.24) is 0 Å². The molecule has 88 valence electrons. The Balaban J connectivity index is 2.35. The van der Waals surface area contributed by atoms with Crippen molar-refractivity contribution >= 4 is 6.08 Å². The molecule has 0 spiro atoms. The predicted molar refractivity (Wildman–Crippen MR) is 76.2 cm³/mol. The highest BCUT2D eigenvalue weighted by Gasteiger charge is 2.14. The molecule has 0 unspecified atom stereocenters. The summed E-state index contributed by atoms with van der Waals surface area (Å²) in [4.78, 5) is 0. The molecule has 0 bridgehead atoms. The molecule has 1 aromatic carbocycles. The third-order valence-corrected chi connectivity index (χ3v) is 2.83. The van der Waals surface area contributed by atoms with Gasteiger partial charge in [0.1, 0.15) is 12.4 Å². The van der Waals surface area contributed by atoms with Crippen LogP contribution in [0.15, 0.2) is 66.3 Å². The fraction of sp³-hybridized carbons (Fsp3) is 0.0588. The zero-order valence-electron chi connectivity index (χ0n) is 10.1. The van der Waals surface area contributed by atoms with Gasteiger partial charge in [0.05, 0.1) is 0 Å². The lowest BCUT2D eigenvalue weighted by Crippen LogP contribution is -2.09. The summed E-state index contributed by atoms with van der Waals surface area (Å²) in [6, 6.07) is 7.91. The first kappa shape index (κ1) is 12.0. The first-order chi connectivity index (χ1) is 8.76. The lowest BCUT2D eigenvalue weighted by molar-refractivity contribution is 0.350. The molecule has 0 aliphatic carbocycles. The van der Waals surface area contributed by atoms with E-state index in [2.05, 4.69) is 25.2 Å². The average molecular weight is 234 g/mol. The van der Waals surface area contributed by atoms with E-state index in [1.807, 2.05) is 24.3 Å². The molecule has 18 heavy (non-hydrogen) atoms. The predicted octanol–water partition coefficient (Wildman–Crippen LogP) is 3.76. The van der Waals surface area contributed by atoms with Gasteiger partial charge >= 0.3 is 0 Å². The summed E-state index contributed by atoms with van der Waals surface area (Å²) in [5.41, 5.74) is 3.79. The SMILES string of the molecule is C#C/C=C(\C=C)C(=C)C1=Cc2ccccc2OC1. The van der Waals surface area contributed by atoms with Crippen LogP contribution in [0.4, 0.5) is 0 Å². The molecular weight excluding hydrogens is 220 g/mol. The molecule has 0 aromatic heterocycles. The maximum absolute atomic E-state index is 5.69. The topological polar surface area (TPSA) is 9.23 Å². The summed E-state index contributed by atoms with van der Waals surface area (Å²) >= 11 is 0. The molecule has 0 N–H and O–H groups in total. The first-order valence-electron chi connectivity index (χ1n) is 5.67. The molecule has 0 fully saturated rings. The molecule has 1 heteroatoms. The summed E-state index contributed by atoms with van der Waals surface area (Å²) in [5, 5.41) is 0. The van der Waals surface area contributed by atoms with E-state index >= 15 is 0 Å². The van der Waals surface area contributed by atoms with E-state index in [4.69, 9.17) is 11.2 Å². The molecule has 2 rings (SSSR count). The third kappa shape index (κ3) is 2.28. The summed E-state index contributed by atoms with van der Waals surface area (Å²) in [7, 11) is 0. The molecule has 0 radical (unpaired) electrons. The van der Waals surface area contributed by atoms with Crippen molar-refractivity contribution in [2.24, 2.45) is 0 Å². The van der Waals surface area contributed by atoms with E-state index in [0.717, 1.165) is 28.0 Å². The van der Waals surface area contributed by atoms with Gasteiger partial charge in [0.25, 0.3) is 0 Å². The van der Waals surface area contributed by atoms with Gasteiger partial charge in [-0.25, -0.2) is 0 Å². The number of hydrogen-bond donors (Lipinski definition) is 0. The van der Waals surface area contributed by atoms with Gasteiger partial charge in [-0.15, -0.1) is 6.42 Å². The number of terminal acetylenes is 1. The number of ether oxygens (including phenoxy) is 1. The summed E-state index contributed by atoms with van der Waals surface area (Å²) < 4.78 is 5.69. The smallest absolute Gasteiger partial charge is 0.127 e. The Kier molecular flexibility index (Phi) is 3.50. The highest BCUT2D eigenvalue weighted by molar-refractivity contribution is 5.69. The quantitative estimate of drug-likeness (QED) is 0.571. The number of allylic oxidation sites excluding steroid dienone is 3. The van der Waals surface area contributed by atoms with Crippen LogP contribution in [0.25, 0.3) is 6.08 Å². The lowest BCUT2D eigenvalue weighted by Gasteiger charge is -2.19. The molecular formula is C17H14O. The Labute approximate surface area is 108 Å². The largest absolute Gasteiger partial charge is 0.488 e. The summed E-state index contributed by atoms with van der Waals surface area (Å²) in [5.74, 6) is 3.39. The van der Waals surface area contributed by atoms with E-state index in [-0.39, 0.29) is 0 Å². The van der Waals surface area contributed by atoms with E-state index in [9.17, 15) is 0 Å². The Morgan fingerprint density at radius 2 is 2.17 bits per heavy atom. The highest BCUT2D eigenvalue weighted by Crippen LogP contribution is 2.30. The second-order valence-electron chi connectivity index (χ2n) is 3.95. The third-order valence-electron chi connectivity index (χ3n) is 2.83. The molecule has 1 aromatic rings. The van der Waals surface area contributed by atoms with Crippen LogP contribution in [0.5, 0.6) is 5.75 Å². The first-order valence-corrected chi connectivity index (χ1v) is 5.67. The van der Waals surface area contributed by atoms with Crippen LogP contribution >= 0.6 is 0 Å². The van der Waals surface area contributed by atoms with Crippen molar-refractivity contribution in [3.63, 3.8) is 0 Å². The molecule has 1 aliphatic heterocycles. The van der Waals surface area contributed by atoms with Crippen molar-refractivity contribution < 1.29 is 4.74 Å². The molecule has 1 aliphatic rings. The number of hydrogen-bond acceptors (Lipinski definition) is 1. The standard InChI is InChI=1S/C17H14O/c1-4-8-14(5-2)13(3)16-11-15-9-6-7-10-17(15)18-12-16/h1,5-11H,2-3,12H2/b14-8+. The zero-order valence-corrected chi connectivity index (χ0v) is 10.1. The number of benzene rings is 1.